The van der Waals surface area contributed by atoms with Gasteiger partial charge in [-0.3, -0.25) is 0 Å². The fourth-order valence-corrected chi connectivity index (χ4v) is 1.55. The van der Waals surface area contributed by atoms with Crippen molar-refractivity contribution < 1.29 is 9.13 Å². The molecule has 2 rings (SSSR count). The highest BCUT2D eigenvalue weighted by Crippen LogP contribution is 2.25. The van der Waals surface area contributed by atoms with Gasteiger partial charge >= 0.3 is 0 Å². The van der Waals surface area contributed by atoms with Gasteiger partial charge in [0.15, 0.2) is 0 Å². The number of hydrogen-bond acceptors (Lipinski definition) is 3. The molecule has 0 radical (unpaired) electrons. The standard InChI is InChI=1S/C14H11FN2O/c1-18-12-5-6-13(15)14(8-12)17-11-4-2-3-10(7-11)9-16/h2-8,17H,1H3. The normalized spacial score (nSPS) is 9.61. The number of benzene rings is 2. The van der Waals surface area contributed by atoms with Crippen molar-refractivity contribution in [1.29, 1.82) is 5.26 Å². The van der Waals surface area contributed by atoms with Crippen LogP contribution in [0.3, 0.4) is 0 Å². The van der Waals surface area contributed by atoms with Crippen LogP contribution in [0.5, 0.6) is 5.75 Å². The largest absolute Gasteiger partial charge is 0.497 e. The Balaban J connectivity index is 2.30. The maximum absolute atomic E-state index is 13.6. The highest BCUT2D eigenvalue weighted by molar-refractivity contribution is 5.63. The van der Waals surface area contributed by atoms with Gasteiger partial charge in [-0.15, -0.1) is 0 Å². The van der Waals surface area contributed by atoms with E-state index in [0.29, 0.717) is 22.7 Å². The van der Waals surface area contributed by atoms with Crippen molar-refractivity contribution in [3.8, 4) is 11.8 Å². The van der Waals surface area contributed by atoms with Gasteiger partial charge in [0.25, 0.3) is 0 Å². The minimum Gasteiger partial charge on any atom is -0.497 e. The third-order valence-electron chi connectivity index (χ3n) is 2.44. The average Bonchev–Trinajstić information content (AvgIpc) is 2.41. The third kappa shape index (κ3) is 2.58. The van der Waals surface area contributed by atoms with Gasteiger partial charge in [0.2, 0.25) is 0 Å². The second kappa shape index (κ2) is 5.19. The fraction of sp³-hybridized carbons (Fsp3) is 0.0714. The number of nitriles is 1. The number of methoxy groups -OCH3 is 1. The van der Waals surface area contributed by atoms with Crippen molar-refractivity contribution in [2.45, 2.75) is 0 Å². The van der Waals surface area contributed by atoms with Gasteiger partial charge < -0.3 is 10.1 Å². The van der Waals surface area contributed by atoms with Gasteiger partial charge in [0.05, 0.1) is 24.4 Å². The Labute approximate surface area is 104 Å². The molecule has 18 heavy (non-hydrogen) atoms. The topological polar surface area (TPSA) is 45.0 Å². The summed E-state index contributed by atoms with van der Waals surface area (Å²) in [5.41, 5.74) is 1.48. The number of nitrogens with one attached hydrogen (secondary N) is 1. The van der Waals surface area contributed by atoms with E-state index >= 15 is 0 Å². The molecule has 90 valence electrons. The van der Waals surface area contributed by atoms with Crippen LogP contribution in [-0.4, -0.2) is 7.11 Å². The lowest BCUT2D eigenvalue weighted by Crippen LogP contribution is -1.95. The van der Waals surface area contributed by atoms with Crippen molar-refractivity contribution in [2.24, 2.45) is 0 Å². The molecule has 0 aliphatic rings. The zero-order chi connectivity index (χ0) is 13.0. The molecule has 0 aromatic heterocycles. The lowest BCUT2D eigenvalue weighted by atomic mass is 10.2. The Morgan fingerprint density at radius 1 is 1.22 bits per heavy atom. The van der Waals surface area contributed by atoms with Crippen LogP contribution in [0.4, 0.5) is 15.8 Å². The minimum atomic E-state index is -0.377. The number of ether oxygens (including phenoxy) is 1. The summed E-state index contributed by atoms with van der Waals surface area (Å²) in [5, 5.41) is 11.7. The summed E-state index contributed by atoms with van der Waals surface area (Å²) in [6.45, 7) is 0. The first kappa shape index (κ1) is 11.9. The molecule has 0 aliphatic carbocycles. The third-order valence-corrected chi connectivity index (χ3v) is 2.44. The van der Waals surface area contributed by atoms with E-state index in [4.69, 9.17) is 10.00 Å². The molecule has 1 N–H and O–H groups in total. The highest BCUT2D eigenvalue weighted by atomic mass is 19.1. The number of anilines is 2. The van der Waals surface area contributed by atoms with Crippen LogP contribution >= 0.6 is 0 Å². The van der Waals surface area contributed by atoms with Gasteiger partial charge in [-0.2, -0.15) is 5.26 Å². The van der Waals surface area contributed by atoms with Crippen molar-refractivity contribution in [2.75, 3.05) is 12.4 Å². The molecule has 0 saturated carbocycles. The van der Waals surface area contributed by atoms with Crippen LogP contribution < -0.4 is 10.1 Å². The maximum Gasteiger partial charge on any atom is 0.146 e. The quantitative estimate of drug-likeness (QED) is 0.896. The Morgan fingerprint density at radius 2 is 2.06 bits per heavy atom. The van der Waals surface area contributed by atoms with Gasteiger partial charge in [-0.05, 0) is 30.3 Å². The molecule has 2 aromatic carbocycles. The van der Waals surface area contributed by atoms with E-state index in [1.165, 1.54) is 13.2 Å². The summed E-state index contributed by atoms with van der Waals surface area (Å²) < 4.78 is 18.6. The first-order valence-corrected chi connectivity index (χ1v) is 5.33. The fourth-order valence-electron chi connectivity index (χ4n) is 1.55. The van der Waals surface area contributed by atoms with E-state index in [2.05, 4.69) is 5.32 Å². The molecule has 0 unspecified atom stereocenters. The lowest BCUT2D eigenvalue weighted by molar-refractivity contribution is 0.414. The smallest absolute Gasteiger partial charge is 0.146 e. The van der Waals surface area contributed by atoms with Crippen LogP contribution in [0.1, 0.15) is 5.56 Å². The van der Waals surface area contributed by atoms with E-state index in [0.717, 1.165) is 0 Å². The molecule has 4 heteroatoms. The number of rotatable bonds is 3. The molecular weight excluding hydrogens is 231 g/mol. The van der Waals surface area contributed by atoms with Crippen LogP contribution in [-0.2, 0) is 0 Å². The summed E-state index contributed by atoms with van der Waals surface area (Å²) in [5.74, 6) is 0.188. The van der Waals surface area contributed by atoms with Gasteiger partial charge in [0.1, 0.15) is 11.6 Å². The zero-order valence-electron chi connectivity index (χ0n) is 9.77. The monoisotopic (exact) mass is 242 g/mol. The van der Waals surface area contributed by atoms with Gasteiger partial charge in [0, 0.05) is 11.8 Å². The average molecular weight is 242 g/mol. The lowest BCUT2D eigenvalue weighted by Gasteiger charge is -2.09. The Bertz CT molecular complexity index is 605. The molecule has 0 saturated heterocycles. The van der Waals surface area contributed by atoms with Crippen LogP contribution in [0.25, 0.3) is 0 Å². The Morgan fingerprint density at radius 3 is 2.78 bits per heavy atom. The molecule has 3 nitrogen and oxygen atoms in total. The first-order chi connectivity index (χ1) is 8.72. The van der Waals surface area contributed by atoms with Gasteiger partial charge in [-0.25, -0.2) is 4.39 Å². The summed E-state index contributed by atoms with van der Waals surface area (Å²) in [6, 6.07) is 13.3. The SMILES string of the molecule is COc1ccc(F)c(Nc2cccc(C#N)c2)c1. The van der Waals surface area contributed by atoms with E-state index in [9.17, 15) is 4.39 Å². The molecule has 0 fully saturated rings. The predicted octanol–water partition coefficient (Wildman–Crippen LogP) is 3.45. The molecule has 0 spiro atoms. The summed E-state index contributed by atoms with van der Waals surface area (Å²) >= 11 is 0. The van der Waals surface area contributed by atoms with Crippen LogP contribution in [0.2, 0.25) is 0 Å². The number of hydrogen-bond donors (Lipinski definition) is 1. The Kier molecular flexibility index (Phi) is 3.44. The number of halogens is 1. The van der Waals surface area contributed by atoms with Crippen molar-refractivity contribution in [3.63, 3.8) is 0 Å². The molecule has 0 heterocycles. The summed E-state index contributed by atoms with van der Waals surface area (Å²) in [6.07, 6.45) is 0. The van der Waals surface area contributed by atoms with Gasteiger partial charge in [-0.1, -0.05) is 6.07 Å². The van der Waals surface area contributed by atoms with E-state index in [1.54, 1.807) is 36.4 Å². The van der Waals surface area contributed by atoms with E-state index < -0.39 is 0 Å². The molecule has 0 aliphatic heterocycles. The first-order valence-electron chi connectivity index (χ1n) is 5.33. The number of nitrogens with zero attached hydrogens (tertiary/aromatic N) is 1. The molecular formula is C14H11FN2O. The van der Waals surface area contributed by atoms with Crippen molar-refractivity contribution in [1.82, 2.24) is 0 Å². The minimum absolute atomic E-state index is 0.310. The van der Waals surface area contributed by atoms with Crippen molar-refractivity contribution >= 4 is 11.4 Å². The van der Waals surface area contributed by atoms with Crippen LogP contribution in [0, 0.1) is 17.1 Å². The predicted molar refractivity (Wildman–Crippen MR) is 67.4 cm³/mol. The summed E-state index contributed by atoms with van der Waals surface area (Å²) in [4.78, 5) is 0. The van der Waals surface area contributed by atoms with E-state index in [1.807, 2.05) is 6.07 Å². The summed E-state index contributed by atoms with van der Waals surface area (Å²) in [7, 11) is 1.52. The molecule has 0 bridgehead atoms. The second-order valence-electron chi connectivity index (χ2n) is 3.66. The zero-order valence-corrected chi connectivity index (χ0v) is 9.77. The highest BCUT2D eigenvalue weighted by Gasteiger charge is 2.04. The Hall–Kier alpha value is -2.54. The second-order valence-corrected chi connectivity index (χ2v) is 3.66. The van der Waals surface area contributed by atoms with E-state index in [-0.39, 0.29) is 5.82 Å². The molecule has 0 amide bonds. The maximum atomic E-state index is 13.6. The van der Waals surface area contributed by atoms with Crippen LogP contribution in [0.15, 0.2) is 42.5 Å². The molecule has 0 atom stereocenters. The molecule has 2 aromatic rings. The van der Waals surface area contributed by atoms with Crippen molar-refractivity contribution in [3.05, 3.63) is 53.8 Å².